The molecule has 0 radical (unpaired) electrons. The molecule has 1 heterocycles. The van der Waals surface area contributed by atoms with Gasteiger partial charge in [-0.3, -0.25) is 0 Å². The average molecular weight is 279 g/mol. The van der Waals surface area contributed by atoms with Gasteiger partial charge in [-0.25, -0.2) is 9.97 Å². The van der Waals surface area contributed by atoms with Gasteiger partial charge in [-0.2, -0.15) is 0 Å². The van der Waals surface area contributed by atoms with Gasteiger partial charge in [0.15, 0.2) is 0 Å². The highest BCUT2D eigenvalue weighted by Gasteiger charge is 2.10. The molecule has 2 aromatic carbocycles. The van der Waals surface area contributed by atoms with Gasteiger partial charge >= 0.3 is 0 Å². The zero-order valence-electron chi connectivity index (χ0n) is 12.4. The van der Waals surface area contributed by atoms with Crippen molar-refractivity contribution in [2.45, 2.75) is 0 Å². The molecule has 4 nitrogen and oxygen atoms in total. The topological polar surface area (TPSA) is 38.2 Å². The van der Waals surface area contributed by atoms with Crippen LogP contribution in [-0.4, -0.2) is 31.2 Å². The number of fused-ring (bicyclic) bond motifs is 1. The molecule has 0 aliphatic carbocycles. The van der Waals surface area contributed by atoms with Gasteiger partial charge in [0.05, 0.1) is 18.3 Å². The summed E-state index contributed by atoms with van der Waals surface area (Å²) in [5.74, 6) is 1.55. The Balaban J connectivity index is 2.23. The van der Waals surface area contributed by atoms with Crippen molar-refractivity contribution in [1.82, 2.24) is 9.97 Å². The highest BCUT2D eigenvalue weighted by atomic mass is 16.5. The Hall–Kier alpha value is -2.62. The first kappa shape index (κ1) is 13.4. The van der Waals surface area contributed by atoms with Crippen LogP contribution in [0.25, 0.3) is 22.2 Å². The second-order valence-electron chi connectivity index (χ2n) is 5.01. The minimum Gasteiger partial charge on any atom is -0.497 e. The summed E-state index contributed by atoms with van der Waals surface area (Å²) in [6.07, 6.45) is 0. The highest BCUT2D eigenvalue weighted by Crippen LogP contribution is 2.28. The minimum atomic E-state index is 0.708. The predicted molar refractivity (Wildman–Crippen MR) is 85.9 cm³/mol. The van der Waals surface area contributed by atoms with Gasteiger partial charge in [0.2, 0.25) is 5.95 Å². The van der Waals surface area contributed by atoms with E-state index in [0.29, 0.717) is 5.95 Å². The monoisotopic (exact) mass is 279 g/mol. The standard InChI is InChI=1S/C17H17N3O/c1-20(2)17-18-15-7-5-4-6-14(15)16(19-17)12-8-10-13(21-3)11-9-12/h4-11H,1-3H3. The number of hydrogen-bond donors (Lipinski definition) is 0. The number of benzene rings is 2. The van der Waals surface area contributed by atoms with E-state index in [1.54, 1.807) is 7.11 Å². The minimum absolute atomic E-state index is 0.708. The molecule has 1 aromatic heterocycles. The van der Waals surface area contributed by atoms with Gasteiger partial charge < -0.3 is 9.64 Å². The van der Waals surface area contributed by atoms with Crippen LogP contribution in [0.2, 0.25) is 0 Å². The number of rotatable bonds is 3. The van der Waals surface area contributed by atoms with Crippen LogP contribution in [0.3, 0.4) is 0 Å². The van der Waals surface area contributed by atoms with Gasteiger partial charge in [0.1, 0.15) is 5.75 Å². The van der Waals surface area contributed by atoms with Crippen molar-refractivity contribution in [3.63, 3.8) is 0 Å². The van der Waals surface area contributed by atoms with Gasteiger partial charge in [0.25, 0.3) is 0 Å². The fourth-order valence-corrected chi connectivity index (χ4v) is 2.23. The molecule has 21 heavy (non-hydrogen) atoms. The van der Waals surface area contributed by atoms with E-state index in [9.17, 15) is 0 Å². The number of ether oxygens (including phenoxy) is 1. The fourth-order valence-electron chi connectivity index (χ4n) is 2.23. The Morgan fingerprint density at radius 2 is 1.62 bits per heavy atom. The SMILES string of the molecule is COc1ccc(-c2nc(N(C)C)nc3ccccc23)cc1. The van der Waals surface area contributed by atoms with Crippen molar-refractivity contribution in [2.75, 3.05) is 26.1 Å². The number of hydrogen-bond acceptors (Lipinski definition) is 4. The van der Waals surface area contributed by atoms with Crippen molar-refractivity contribution in [3.8, 4) is 17.0 Å². The molecular formula is C17H17N3O. The lowest BCUT2D eigenvalue weighted by Crippen LogP contribution is -2.13. The molecule has 3 aromatic rings. The van der Waals surface area contributed by atoms with Gasteiger partial charge in [-0.05, 0) is 30.3 Å². The molecule has 0 spiro atoms. The first-order chi connectivity index (χ1) is 10.2. The molecule has 0 fully saturated rings. The summed E-state index contributed by atoms with van der Waals surface area (Å²) in [6.45, 7) is 0. The van der Waals surface area contributed by atoms with Crippen molar-refractivity contribution < 1.29 is 4.74 Å². The van der Waals surface area contributed by atoms with Crippen LogP contribution >= 0.6 is 0 Å². The normalized spacial score (nSPS) is 10.6. The lowest BCUT2D eigenvalue weighted by Gasteiger charge is -2.14. The van der Waals surface area contributed by atoms with Crippen LogP contribution < -0.4 is 9.64 Å². The maximum Gasteiger partial charge on any atom is 0.225 e. The third-order valence-electron chi connectivity index (χ3n) is 3.35. The molecule has 0 bridgehead atoms. The zero-order chi connectivity index (χ0) is 14.8. The quantitative estimate of drug-likeness (QED) is 0.736. The van der Waals surface area contributed by atoms with Gasteiger partial charge in [-0.15, -0.1) is 0 Å². The lowest BCUT2D eigenvalue weighted by atomic mass is 10.1. The third-order valence-corrected chi connectivity index (χ3v) is 3.35. The molecule has 3 rings (SSSR count). The summed E-state index contributed by atoms with van der Waals surface area (Å²) in [5, 5.41) is 1.05. The Bertz CT molecular complexity index is 767. The zero-order valence-corrected chi connectivity index (χ0v) is 12.4. The van der Waals surface area contributed by atoms with E-state index in [0.717, 1.165) is 27.9 Å². The molecule has 106 valence electrons. The van der Waals surface area contributed by atoms with E-state index < -0.39 is 0 Å². The van der Waals surface area contributed by atoms with Crippen molar-refractivity contribution in [1.29, 1.82) is 0 Å². The van der Waals surface area contributed by atoms with Crippen LogP contribution in [0.15, 0.2) is 48.5 Å². The smallest absolute Gasteiger partial charge is 0.225 e. The number of anilines is 1. The number of methoxy groups -OCH3 is 1. The van der Waals surface area contributed by atoms with Crippen LogP contribution in [0.1, 0.15) is 0 Å². The molecule has 0 amide bonds. The largest absolute Gasteiger partial charge is 0.497 e. The van der Waals surface area contributed by atoms with E-state index in [2.05, 4.69) is 4.98 Å². The molecule has 0 aliphatic rings. The predicted octanol–water partition coefficient (Wildman–Crippen LogP) is 3.37. The van der Waals surface area contributed by atoms with Crippen molar-refractivity contribution in [3.05, 3.63) is 48.5 Å². The maximum atomic E-state index is 5.21. The molecule has 0 saturated carbocycles. The van der Waals surface area contributed by atoms with E-state index in [4.69, 9.17) is 9.72 Å². The number of nitrogens with zero attached hydrogens (tertiary/aromatic N) is 3. The highest BCUT2D eigenvalue weighted by molar-refractivity contribution is 5.93. The maximum absolute atomic E-state index is 5.21. The summed E-state index contributed by atoms with van der Waals surface area (Å²) >= 11 is 0. The summed E-state index contributed by atoms with van der Waals surface area (Å²) in [7, 11) is 5.56. The van der Waals surface area contributed by atoms with Crippen LogP contribution in [0.4, 0.5) is 5.95 Å². The second-order valence-corrected chi connectivity index (χ2v) is 5.01. The second kappa shape index (κ2) is 5.40. The van der Waals surface area contributed by atoms with Gasteiger partial charge in [-0.1, -0.05) is 18.2 Å². The van der Waals surface area contributed by atoms with Crippen LogP contribution in [0.5, 0.6) is 5.75 Å². The molecule has 0 aliphatic heterocycles. The lowest BCUT2D eigenvalue weighted by molar-refractivity contribution is 0.415. The Morgan fingerprint density at radius 3 is 2.29 bits per heavy atom. The Morgan fingerprint density at radius 1 is 0.905 bits per heavy atom. The molecule has 0 N–H and O–H groups in total. The van der Waals surface area contributed by atoms with Crippen LogP contribution in [-0.2, 0) is 0 Å². The number of aromatic nitrogens is 2. The van der Waals surface area contributed by atoms with Gasteiger partial charge in [0, 0.05) is 25.0 Å². The molecule has 0 saturated heterocycles. The van der Waals surface area contributed by atoms with E-state index >= 15 is 0 Å². The molecule has 4 heteroatoms. The summed E-state index contributed by atoms with van der Waals surface area (Å²) in [6, 6.07) is 16.0. The first-order valence-corrected chi connectivity index (χ1v) is 6.77. The van der Waals surface area contributed by atoms with E-state index in [-0.39, 0.29) is 0 Å². The Kier molecular flexibility index (Phi) is 3.44. The van der Waals surface area contributed by atoms with Crippen molar-refractivity contribution >= 4 is 16.9 Å². The molecule has 0 atom stereocenters. The molecule has 0 unspecified atom stereocenters. The van der Waals surface area contributed by atoms with E-state index in [1.165, 1.54) is 0 Å². The average Bonchev–Trinajstić information content (AvgIpc) is 2.54. The summed E-state index contributed by atoms with van der Waals surface area (Å²) in [4.78, 5) is 11.2. The Labute approximate surface area is 124 Å². The first-order valence-electron chi connectivity index (χ1n) is 6.77. The number of para-hydroxylation sites is 1. The molecular weight excluding hydrogens is 262 g/mol. The summed E-state index contributed by atoms with van der Waals surface area (Å²) < 4.78 is 5.21. The fraction of sp³-hybridized carbons (Fsp3) is 0.176. The third kappa shape index (κ3) is 2.52. The van der Waals surface area contributed by atoms with Crippen LogP contribution in [0, 0.1) is 0 Å². The summed E-state index contributed by atoms with van der Waals surface area (Å²) in [5.41, 5.74) is 2.94. The van der Waals surface area contributed by atoms with E-state index in [1.807, 2.05) is 67.5 Å². The van der Waals surface area contributed by atoms with Crippen molar-refractivity contribution in [2.24, 2.45) is 0 Å².